The molecule has 1 amide bonds. The molecule has 0 saturated heterocycles. The van der Waals surface area contributed by atoms with Gasteiger partial charge in [-0.2, -0.15) is 5.10 Å². The molecule has 0 unspecified atom stereocenters. The van der Waals surface area contributed by atoms with E-state index in [1.54, 1.807) is 0 Å². The van der Waals surface area contributed by atoms with Gasteiger partial charge in [-0.25, -0.2) is 4.68 Å². The van der Waals surface area contributed by atoms with Gasteiger partial charge in [0.2, 0.25) is 0 Å². The average Bonchev–Trinajstić information content (AvgIpc) is 3.13. The summed E-state index contributed by atoms with van der Waals surface area (Å²) in [6, 6.07) is 11.7. The molecular formula is C18H21N5OS2. The number of nitrogens with zero attached hydrogens (tertiary/aromatic N) is 2. The predicted octanol–water partition coefficient (Wildman–Crippen LogP) is 3.30. The number of amides is 1. The number of thiocarbonyl (C=S) groups is 1. The van der Waals surface area contributed by atoms with E-state index in [0.29, 0.717) is 9.99 Å². The lowest BCUT2D eigenvalue weighted by atomic mass is 10.1. The summed E-state index contributed by atoms with van der Waals surface area (Å²) in [6.07, 6.45) is 0. The summed E-state index contributed by atoms with van der Waals surface area (Å²) < 4.78 is 1.87. The lowest BCUT2D eigenvalue weighted by Gasteiger charge is -2.22. The molecule has 3 aromatic rings. The molecule has 136 valence electrons. The number of carbonyl (C=O) groups excluding carboxylic acids is 1. The van der Waals surface area contributed by atoms with Crippen molar-refractivity contribution < 1.29 is 4.79 Å². The Hall–Kier alpha value is -2.45. The Morgan fingerprint density at radius 3 is 2.54 bits per heavy atom. The summed E-state index contributed by atoms with van der Waals surface area (Å²) in [5, 5.41) is 9.01. The molecule has 0 aliphatic heterocycles. The zero-order valence-corrected chi connectivity index (χ0v) is 16.7. The van der Waals surface area contributed by atoms with Crippen LogP contribution in [0.15, 0.2) is 36.4 Å². The van der Waals surface area contributed by atoms with E-state index in [0.717, 1.165) is 21.6 Å². The average molecular weight is 388 g/mol. The highest BCUT2D eigenvalue weighted by atomic mass is 32.1. The molecule has 0 spiro atoms. The maximum absolute atomic E-state index is 12.5. The second-order valence-electron chi connectivity index (χ2n) is 6.95. The number of hydrogen-bond acceptors (Lipinski definition) is 4. The van der Waals surface area contributed by atoms with Crippen LogP contribution in [0.4, 0.5) is 0 Å². The first-order valence-electron chi connectivity index (χ1n) is 8.18. The monoisotopic (exact) mass is 387 g/mol. The number of rotatable bonds is 2. The minimum absolute atomic E-state index is 0.178. The van der Waals surface area contributed by atoms with Crippen molar-refractivity contribution in [1.29, 1.82) is 0 Å². The number of benzene rings is 1. The Kier molecular flexibility index (Phi) is 4.97. The summed E-state index contributed by atoms with van der Waals surface area (Å²) in [6.45, 7) is 7.92. The number of carbonyl (C=O) groups is 1. The largest absolute Gasteiger partial charge is 0.357 e. The highest BCUT2D eigenvalue weighted by molar-refractivity contribution is 7.80. The zero-order valence-electron chi connectivity index (χ0n) is 15.1. The van der Waals surface area contributed by atoms with Gasteiger partial charge in [0.25, 0.3) is 5.91 Å². The van der Waals surface area contributed by atoms with Crippen molar-refractivity contribution in [2.24, 2.45) is 0 Å². The number of nitrogens with one attached hydrogen (secondary N) is 3. The molecule has 2 aromatic heterocycles. The van der Waals surface area contributed by atoms with Crippen molar-refractivity contribution in [3.8, 4) is 5.69 Å². The molecule has 0 fully saturated rings. The maximum atomic E-state index is 12.5. The van der Waals surface area contributed by atoms with Crippen LogP contribution in [0.2, 0.25) is 0 Å². The molecular weight excluding hydrogens is 366 g/mol. The molecule has 8 heteroatoms. The van der Waals surface area contributed by atoms with Gasteiger partial charge in [0.05, 0.1) is 16.3 Å². The van der Waals surface area contributed by atoms with E-state index in [1.165, 1.54) is 11.3 Å². The van der Waals surface area contributed by atoms with Gasteiger partial charge in [0.1, 0.15) is 4.83 Å². The SMILES string of the molecule is Cc1nn(-c2ccccc2)c2sc(C(=O)NNC(=S)NC(C)(C)C)cc12. The standard InChI is InChI=1S/C18H21N5OS2/c1-11-13-10-14(15(24)20-21-17(25)19-18(2,3)4)26-16(13)23(22-11)12-8-6-5-7-9-12/h5-10H,1-4H3,(H,20,24)(H2,19,21,25). The minimum atomic E-state index is -0.233. The van der Waals surface area contributed by atoms with Gasteiger partial charge in [0, 0.05) is 10.9 Å². The molecule has 0 aliphatic carbocycles. The lowest BCUT2D eigenvalue weighted by Crippen LogP contribution is -2.52. The summed E-state index contributed by atoms with van der Waals surface area (Å²) in [4.78, 5) is 14.0. The summed E-state index contributed by atoms with van der Waals surface area (Å²) in [7, 11) is 0. The van der Waals surface area contributed by atoms with Gasteiger partial charge in [-0.3, -0.25) is 15.6 Å². The molecule has 1 aromatic carbocycles. The van der Waals surface area contributed by atoms with Crippen molar-refractivity contribution in [2.45, 2.75) is 33.2 Å². The van der Waals surface area contributed by atoms with Crippen molar-refractivity contribution in [3.05, 3.63) is 47.0 Å². The maximum Gasteiger partial charge on any atom is 0.279 e. The normalized spacial score (nSPS) is 11.4. The summed E-state index contributed by atoms with van der Waals surface area (Å²) >= 11 is 6.57. The molecule has 3 rings (SSSR count). The Bertz CT molecular complexity index is 953. The molecule has 0 radical (unpaired) electrons. The van der Waals surface area contributed by atoms with Crippen molar-refractivity contribution in [1.82, 2.24) is 25.9 Å². The van der Waals surface area contributed by atoms with Gasteiger partial charge in [-0.1, -0.05) is 18.2 Å². The molecule has 26 heavy (non-hydrogen) atoms. The first kappa shape index (κ1) is 18.3. The Balaban J connectivity index is 1.79. The molecule has 2 heterocycles. The molecule has 0 bridgehead atoms. The van der Waals surface area contributed by atoms with E-state index in [4.69, 9.17) is 12.2 Å². The third kappa shape index (κ3) is 4.03. The quantitative estimate of drug-likeness (QED) is 0.465. The van der Waals surface area contributed by atoms with Gasteiger partial charge >= 0.3 is 0 Å². The number of aromatic nitrogens is 2. The lowest BCUT2D eigenvalue weighted by molar-refractivity contribution is 0.0947. The van der Waals surface area contributed by atoms with Crippen LogP contribution in [0.1, 0.15) is 36.1 Å². The van der Waals surface area contributed by atoms with Crippen LogP contribution in [0.5, 0.6) is 0 Å². The predicted molar refractivity (Wildman–Crippen MR) is 110 cm³/mol. The van der Waals surface area contributed by atoms with Crippen LogP contribution in [0.3, 0.4) is 0 Å². The van der Waals surface area contributed by atoms with E-state index in [-0.39, 0.29) is 11.4 Å². The fourth-order valence-corrected chi connectivity index (χ4v) is 3.89. The van der Waals surface area contributed by atoms with Gasteiger partial charge in [-0.05, 0) is 58.1 Å². The van der Waals surface area contributed by atoms with E-state index in [1.807, 2.05) is 68.8 Å². The van der Waals surface area contributed by atoms with E-state index < -0.39 is 0 Å². The number of hydrazine groups is 1. The summed E-state index contributed by atoms with van der Waals surface area (Å²) in [5.41, 5.74) is 7.05. The van der Waals surface area contributed by atoms with Gasteiger partial charge in [-0.15, -0.1) is 11.3 Å². The number of hydrogen-bond donors (Lipinski definition) is 3. The topological polar surface area (TPSA) is 71.0 Å². The van der Waals surface area contributed by atoms with Crippen molar-refractivity contribution in [3.63, 3.8) is 0 Å². The second kappa shape index (κ2) is 7.05. The number of aryl methyl sites for hydroxylation is 1. The van der Waals surface area contributed by atoms with Crippen molar-refractivity contribution in [2.75, 3.05) is 0 Å². The second-order valence-corrected chi connectivity index (χ2v) is 8.38. The van der Waals surface area contributed by atoms with Crippen LogP contribution in [0, 0.1) is 6.92 Å². The van der Waals surface area contributed by atoms with Gasteiger partial charge < -0.3 is 5.32 Å². The van der Waals surface area contributed by atoms with Crippen LogP contribution in [0.25, 0.3) is 15.9 Å². The van der Waals surface area contributed by atoms with Crippen LogP contribution >= 0.6 is 23.6 Å². The number of fused-ring (bicyclic) bond motifs is 1. The third-order valence-electron chi connectivity index (χ3n) is 3.55. The van der Waals surface area contributed by atoms with Crippen LogP contribution < -0.4 is 16.2 Å². The summed E-state index contributed by atoms with van der Waals surface area (Å²) in [5.74, 6) is -0.233. The highest BCUT2D eigenvalue weighted by Gasteiger charge is 2.18. The Morgan fingerprint density at radius 1 is 1.19 bits per heavy atom. The molecule has 0 saturated carbocycles. The fourth-order valence-electron chi connectivity index (χ4n) is 2.45. The molecule has 0 aliphatic rings. The molecule has 6 nitrogen and oxygen atoms in total. The van der Waals surface area contributed by atoms with Crippen molar-refractivity contribution >= 4 is 44.8 Å². The zero-order chi connectivity index (χ0) is 18.9. The third-order valence-corrected chi connectivity index (χ3v) is 4.86. The smallest absolute Gasteiger partial charge is 0.279 e. The Labute approximate surface area is 161 Å². The number of para-hydroxylation sites is 1. The van der Waals surface area contributed by atoms with E-state index in [9.17, 15) is 4.79 Å². The fraction of sp³-hybridized carbons (Fsp3) is 0.278. The Morgan fingerprint density at radius 2 is 1.88 bits per heavy atom. The van der Waals surface area contributed by atoms with Crippen LogP contribution in [-0.4, -0.2) is 26.3 Å². The highest BCUT2D eigenvalue weighted by Crippen LogP contribution is 2.30. The van der Waals surface area contributed by atoms with Gasteiger partial charge in [0.15, 0.2) is 5.11 Å². The first-order chi connectivity index (χ1) is 12.2. The van der Waals surface area contributed by atoms with E-state index >= 15 is 0 Å². The first-order valence-corrected chi connectivity index (χ1v) is 9.40. The minimum Gasteiger partial charge on any atom is -0.357 e. The van der Waals surface area contributed by atoms with E-state index in [2.05, 4.69) is 21.3 Å². The van der Waals surface area contributed by atoms with Crippen LogP contribution in [-0.2, 0) is 0 Å². The number of thiophene rings is 1. The molecule has 0 atom stereocenters. The molecule has 3 N–H and O–H groups in total.